The molecule has 1 rings (SSSR count). The molecule has 0 heterocycles. The van der Waals surface area contributed by atoms with Gasteiger partial charge < -0.3 is 14.6 Å². The van der Waals surface area contributed by atoms with E-state index in [1.807, 2.05) is 26.0 Å². The molecular formula is C13H20O3. The van der Waals surface area contributed by atoms with Crippen molar-refractivity contribution in [3.05, 3.63) is 34.9 Å². The van der Waals surface area contributed by atoms with Crippen LogP contribution in [0.4, 0.5) is 0 Å². The van der Waals surface area contributed by atoms with Gasteiger partial charge >= 0.3 is 0 Å². The monoisotopic (exact) mass is 224 g/mol. The molecule has 1 N–H and O–H groups in total. The predicted octanol–water partition coefficient (Wildman–Crippen LogP) is 2.00. The van der Waals surface area contributed by atoms with E-state index in [0.29, 0.717) is 19.8 Å². The van der Waals surface area contributed by atoms with Gasteiger partial charge in [-0.25, -0.2) is 0 Å². The third kappa shape index (κ3) is 4.31. The van der Waals surface area contributed by atoms with E-state index in [0.717, 1.165) is 16.7 Å². The van der Waals surface area contributed by atoms with Crippen molar-refractivity contribution in [2.45, 2.75) is 20.0 Å². The zero-order chi connectivity index (χ0) is 12.0. The molecule has 0 fully saturated rings. The summed E-state index contributed by atoms with van der Waals surface area (Å²) in [4.78, 5) is 0. The van der Waals surface area contributed by atoms with Gasteiger partial charge in [0, 0.05) is 7.11 Å². The van der Waals surface area contributed by atoms with Crippen molar-refractivity contribution in [2.75, 3.05) is 26.9 Å². The van der Waals surface area contributed by atoms with E-state index in [1.165, 1.54) is 0 Å². The molecule has 0 spiro atoms. The fourth-order valence-electron chi connectivity index (χ4n) is 1.64. The lowest BCUT2D eigenvalue weighted by atomic mass is 10.0. The maximum absolute atomic E-state index is 9.90. The quantitative estimate of drug-likeness (QED) is 0.751. The second-order valence-electron chi connectivity index (χ2n) is 4.00. The van der Waals surface area contributed by atoms with E-state index < -0.39 is 6.10 Å². The molecule has 1 aromatic rings. The summed E-state index contributed by atoms with van der Waals surface area (Å²) >= 11 is 0. The minimum Gasteiger partial charge on any atom is -0.386 e. The van der Waals surface area contributed by atoms with Crippen LogP contribution in [0.1, 0.15) is 22.8 Å². The molecule has 0 radical (unpaired) electrons. The minimum absolute atomic E-state index is 0.312. The Kier molecular flexibility index (Phi) is 5.46. The van der Waals surface area contributed by atoms with Gasteiger partial charge in [0.05, 0.1) is 19.8 Å². The first-order chi connectivity index (χ1) is 7.63. The summed E-state index contributed by atoms with van der Waals surface area (Å²) in [7, 11) is 1.63. The highest BCUT2D eigenvalue weighted by atomic mass is 16.5. The zero-order valence-electron chi connectivity index (χ0n) is 10.2. The smallest absolute Gasteiger partial charge is 0.102 e. The standard InChI is InChI=1S/C13H20O3/c1-10-6-11(2)8-12(7-10)13(14)9-16-5-4-15-3/h6-8,13-14H,4-5,9H2,1-3H3. The molecule has 1 aromatic carbocycles. The molecule has 0 saturated carbocycles. The number of aryl methyl sites for hydroxylation is 2. The number of rotatable bonds is 6. The van der Waals surface area contributed by atoms with Crippen molar-refractivity contribution < 1.29 is 14.6 Å². The summed E-state index contributed by atoms with van der Waals surface area (Å²) < 4.78 is 10.2. The molecule has 0 amide bonds. The van der Waals surface area contributed by atoms with Gasteiger partial charge in [-0.05, 0) is 19.4 Å². The lowest BCUT2D eigenvalue weighted by Crippen LogP contribution is -2.10. The molecule has 90 valence electrons. The topological polar surface area (TPSA) is 38.7 Å². The summed E-state index contributed by atoms with van der Waals surface area (Å²) in [6.45, 7) is 5.42. The van der Waals surface area contributed by atoms with Gasteiger partial charge in [-0.2, -0.15) is 0 Å². The lowest BCUT2D eigenvalue weighted by Gasteiger charge is -2.13. The third-order valence-corrected chi connectivity index (χ3v) is 2.34. The Bertz CT molecular complexity index is 303. The Morgan fingerprint density at radius 1 is 1.12 bits per heavy atom. The zero-order valence-corrected chi connectivity index (χ0v) is 10.2. The maximum atomic E-state index is 9.90. The van der Waals surface area contributed by atoms with Crippen molar-refractivity contribution in [1.29, 1.82) is 0 Å². The van der Waals surface area contributed by atoms with Gasteiger partial charge in [0.1, 0.15) is 6.10 Å². The molecule has 3 nitrogen and oxygen atoms in total. The molecular weight excluding hydrogens is 204 g/mol. The van der Waals surface area contributed by atoms with Gasteiger partial charge in [-0.1, -0.05) is 29.3 Å². The number of ether oxygens (including phenoxy) is 2. The Balaban J connectivity index is 2.48. The molecule has 0 bridgehead atoms. The average molecular weight is 224 g/mol. The van der Waals surface area contributed by atoms with Gasteiger partial charge in [0.25, 0.3) is 0 Å². The first-order valence-corrected chi connectivity index (χ1v) is 5.46. The Morgan fingerprint density at radius 2 is 1.75 bits per heavy atom. The largest absolute Gasteiger partial charge is 0.386 e. The van der Waals surface area contributed by atoms with Crippen LogP contribution >= 0.6 is 0 Å². The fourth-order valence-corrected chi connectivity index (χ4v) is 1.64. The van der Waals surface area contributed by atoms with Crippen LogP contribution in [0.3, 0.4) is 0 Å². The van der Waals surface area contributed by atoms with Crippen molar-refractivity contribution in [2.24, 2.45) is 0 Å². The first kappa shape index (κ1) is 13.2. The Labute approximate surface area is 97.0 Å². The van der Waals surface area contributed by atoms with Crippen LogP contribution in [0.5, 0.6) is 0 Å². The number of benzene rings is 1. The van der Waals surface area contributed by atoms with Crippen LogP contribution < -0.4 is 0 Å². The third-order valence-electron chi connectivity index (χ3n) is 2.34. The molecule has 0 saturated heterocycles. The highest BCUT2D eigenvalue weighted by molar-refractivity contribution is 5.29. The van der Waals surface area contributed by atoms with Crippen LogP contribution in [0.15, 0.2) is 18.2 Å². The van der Waals surface area contributed by atoms with E-state index in [4.69, 9.17) is 9.47 Å². The SMILES string of the molecule is COCCOCC(O)c1cc(C)cc(C)c1. The van der Waals surface area contributed by atoms with E-state index in [1.54, 1.807) is 7.11 Å². The van der Waals surface area contributed by atoms with E-state index >= 15 is 0 Å². The maximum Gasteiger partial charge on any atom is 0.102 e. The van der Waals surface area contributed by atoms with E-state index in [-0.39, 0.29) is 0 Å². The van der Waals surface area contributed by atoms with Crippen LogP contribution in [0.2, 0.25) is 0 Å². The Morgan fingerprint density at radius 3 is 2.31 bits per heavy atom. The average Bonchev–Trinajstić information content (AvgIpc) is 2.22. The van der Waals surface area contributed by atoms with E-state index in [2.05, 4.69) is 6.07 Å². The van der Waals surface area contributed by atoms with Gasteiger partial charge in [0.15, 0.2) is 0 Å². The second-order valence-corrected chi connectivity index (χ2v) is 4.00. The summed E-state index contributed by atoms with van der Waals surface area (Å²) in [5, 5.41) is 9.90. The normalized spacial score (nSPS) is 12.8. The van der Waals surface area contributed by atoms with Crippen LogP contribution in [-0.2, 0) is 9.47 Å². The molecule has 3 heteroatoms. The predicted molar refractivity (Wildman–Crippen MR) is 63.6 cm³/mol. The fraction of sp³-hybridized carbons (Fsp3) is 0.538. The molecule has 1 unspecified atom stereocenters. The second kappa shape index (κ2) is 6.63. The molecule has 0 aromatic heterocycles. The van der Waals surface area contributed by atoms with E-state index in [9.17, 15) is 5.11 Å². The highest BCUT2D eigenvalue weighted by Crippen LogP contribution is 2.17. The van der Waals surface area contributed by atoms with Crippen LogP contribution in [0.25, 0.3) is 0 Å². The number of aliphatic hydroxyl groups is 1. The summed E-state index contributed by atoms with van der Waals surface area (Å²) in [5.74, 6) is 0. The lowest BCUT2D eigenvalue weighted by molar-refractivity contribution is 0.0126. The van der Waals surface area contributed by atoms with Crippen LogP contribution in [0, 0.1) is 13.8 Å². The molecule has 0 aliphatic heterocycles. The van der Waals surface area contributed by atoms with Crippen molar-refractivity contribution in [3.8, 4) is 0 Å². The minimum atomic E-state index is -0.560. The number of methoxy groups -OCH3 is 1. The van der Waals surface area contributed by atoms with Crippen LogP contribution in [-0.4, -0.2) is 32.0 Å². The van der Waals surface area contributed by atoms with Crippen molar-refractivity contribution >= 4 is 0 Å². The van der Waals surface area contributed by atoms with Crippen molar-refractivity contribution in [1.82, 2.24) is 0 Å². The Hall–Kier alpha value is -0.900. The first-order valence-electron chi connectivity index (χ1n) is 5.46. The summed E-state index contributed by atoms with van der Waals surface area (Å²) in [5.41, 5.74) is 3.23. The molecule has 0 aliphatic carbocycles. The van der Waals surface area contributed by atoms with Gasteiger partial charge in [-0.3, -0.25) is 0 Å². The molecule has 0 aliphatic rings. The number of aliphatic hydroxyl groups excluding tert-OH is 1. The van der Waals surface area contributed by atoms with Crippen molar-refractivity contribution in [3.63, 3.8) is 0 Å². The highest BCUT2D eigenvalue weighted by Gasteiger charge is 2.08. The number of hydrogen-bond donors (Lipinski definition) is 1. The summed E-state index contributed by atoms with van der Waals surface area (Å²) in [6.07, 6.45) is -0.560. The molecule has 1 atom stereocenters. The summed E-state index contributed by atoms with van der Waals surface area (Å²) in [6, 6.07) is 6.05. The number of hydrogen-bond acceptors (Lipinski definition) is 3. The molecule has 16 heavy (non-hydrogen) atoms. The van der Waals surface area contributed by atoms with Gasteiger partial charge in [0.2, 0.25) is 0 Å². The van der Waals surface area contributed by atoms with Gasteiger partial charge in [-0.15, -0.1) is 0 Å².